The van der Waals surface area contributed by atoms with Crippen LogP contribution in [0.25, 0.3) is 5.83 Å². The van der Waals surface area contributed by atoms with Gasteiger partial charge in [-0.2, -0.15) is 0 Å². The number of rotatable bonds is 3. The zero-order valence-electron chi connectivity index (χ0n) is 11.4. The lowest BCUT2D eigenvalue weighted by molar-refractivity contribution is 0.0672. The van der Waals surface area contributed by atoms with Gasteiger partial charge in [-0.1, -0.05) is 41.9 Å². The van der Waals surface area contributed by atoms with Gasteiger partial charge in [-0.05, 0) is 24.3 Å². The zero-order chi connectivity index (χ0) is 15.7. The fourth-order valence-corrected chi connectivity index (χ4v) is 2.57. The molecule has 0 saturated carbocycles. The monoisotopic (exact) mass is 315 g/mol. The van der Waals surface area contributed by atoms with Crippen LogP contribution in [0.4, 0.5) is 4.39 Å². The van der Waals surface area contributed by atoms with Crippen LogP contribution < -0.4 is 0 Å². The van der Waals surface area contributed by atoms with Gasteiger partial charge in [-0.3, -0.25) is 14.5 Å². The fraction of sp³-hybridized carbons (Fsp3) is 0.0588. The summed E-state index contributed by atoms with van der Waals surface area (Å²) >= 11 is 5.92. The van der Waals surface area contributed by atoms with Crippen LogP contribution in [-0.4, -0.2) is 23.3 Å². The number of hydrogen-bond donors (Lipinski definition) is 0. The first-order valence-electron chi connectivity index (χ1n) is 6.65. The molecule has 3 rings (SSSR count). The van der Waals surface area contributed by atoms with E-state index in [1.54, 1.807) is 42.5 Å². The average molecular weight is 316 g/mol. The molecule has 2 aromatic rings. The second-order valence-electron chi connectivity index (χ2n) is 4.80. The number of imide groups is 1. The first-order chi connectivity index (χ1) is 10.6. The molecule has 1 aliphatic rings. The van der Waals surface area contributed by atoms with E-state index in [-0.39, 0.29) is 17.1 Å². The zero-order valence-corrected chi connectivity index (χ0v) is 12.2. The summed E-state index contributed by atoms with van der Waals surface area (Å²) in [7, 11) is 0. The number of benzene rings is 2. The number of hydrogen-bond acceptors (Lipinski definition) is 2. The topological polar surface area (TPSA) is 37.4 Å². The van der Waals surface area contributed by atoms with Crippen molar-refractivity contribution in [2.24, 2.45) is 0 Å². The summed E-state index contributed by atoms with van der Waals surface area (Å²) < 4.78 is 14.2. The lowest BCUT2D eigenvalue weighted by Gasteiger charge is -2.11. The normalized spacial score (nSPS) is 14.5. The number of halogens is 2. The smallest absolute Gasteiger partial charge is 0.261 e. The molecule has 5 heteroatoms. The Labute approximate surface area is 131 Å². The lowest BCUT2D eigenvalue weighted by atomic mass is 10.1. The van der Waals surface area contributed by atoms with Crippen LogP contribution in [0.5, 0.6) is 0 Å². The molecule has 1 aliphatic heterocycles. The predicted molar refractivity (Wildman–Crippen MR) is 82.3 cm³/mol. The van der Waals surface area contributed by atoms with Gasteiger partial charge in [-0.25, -0.2) is 4.39 Å². The van der Waals surface area contributed by atoms with Crippen LogP contribution in [0.1, 0.15) is 26.3 Å². The average Bonchev–Trinajstić information content (AvgIpc) is 2.77. The Morgan fingerprint density at radius 1 is 1.00 bits per heavy atom. The fourth-order valence-electron chi connectivity index (χ4n) is 2.34. The van der Waals surface area contributed by atoms with Crippen LogP contribution in [0.3, 0.4) is 0 Å². The first kappa shape index (κ1) is 14.5. The van der Waals surface area contributed by atoms with Crippen molar-refractivity contribution in [3.05, 3.63) is 76.3 Å². The molecule has 0 bridgehead atoms. The molecule has 0 aromatic heterocycles. The van der Waals surface area contributed by atoms with E-state index in [0.717, 1.165) is 4.90 Å². The molecule has 2 aromatic carbocycles. The molecule has 3 nitrogen and oxygen atoms in total. The summed E-state index contributed by atoms with van der Waals surface area (Å²) in [6, 6.07) is 13.0. The lowest BCUT2D eigenvalue weighted by Crippen LogP contribution is -2.29. The Bertz CT molecular complexity index is 766. The highest BCUT2D eigenvalue weighted by Crippen LogP contribution is 2.26. The molecule has 0 radical (unpaired) electrons. The number of carbonyl (C=O) groups is 2. The van der Waals surface area contributed by atoms with Gasteiger partial charge in [0.2, 0.25) is 0 Å². The van der Waals surface area contributed by atoms with E-state index in [1.165, 1.54) is 12.1 Å². The largest absolute Gasteiger partial charge is 0.270 e. The molecule has 2 amide bonds. The van der Waals surface area contributed by atoms with Crippen molar-refractivity contribution in [1.29, 1.82) is 0 Å². The minimum absolute atomic E-state index is 0.136. The molecule has 22 heavy (non-hydrogen) atoms. The second-order valence-corrected chi connectivity index (χ2v) is 5.21. The maximum Gasteiger partial charge on any atom is 0.261 e. The van der Waals surface area contributed by atoms with Crippen LogP contribution in [-0.2, 0) is 0 Å². The van der Waals surface area contributed by atoms with Crippen molar-refractivity contribution in [3.63, 3.8) is 0 Å². The van der Waals surface area contributed by atoms with Gasteiger partial charge < -0.3 is 0 Å². The maximum absolute atomic E-state index is 14.2. The Morgan fingerprint density at radius 3 is 2.14 bits per heavy atom. The highest BCUT2D eigenvalue weighted by molar-refractivity contribution is 6.32. The molecule has 0 atom stereocenters. The van der Waals surface area contributed by atoms with E-state index >= 15 is 0 Å². The summed E-state index contributed by atoms with van der Waals surface area (Å²) in [5.41, 5.74) is 0.930. The quantitative estimate of drug-likeness (QED) is 0.804. The first-order valence-corrected chi connectivity index (χ1v) is 7.03. The Kier molecular flexibility index (Phi) is 3.77. The second kappa shape index (κ2) is 5.73. The van der Waals surface area contributed by atoms with Crippen molar-refractivity contribution in [3.8, 4) is 0 Å². The van der Waals surface area contributed by atoms with Gasteiger partial charge in [0.05, 0.1) is 22.7 Å². The van der Waals surface area contributed by atoms with E-state index in [2.05, 4.69) is 0 Å². The summed E-state index contributed by atoms with van der Waals surface area (Å²) in [4.78, 5) is 25.3. The predicted octanol–water partition coefficient (Wildman–Crippen LogP) is 3.95. The molecular weight excluding hydrogens is 305 g/mol. The van der Waals surface area contributed by atoms with Gasteiger partial charge in [0.1, 0.15) is 5.83 Å². The molecule has 0 fully saturated rings. The minimum atomic E-state index is -0.567. The summed E-state index contributed by atoms with van der Waals surface area (Å²) in [6.45, 7) is -0.136. The molecule has 1 heterocycles. The summed E-state index contributed by atoms with van der Waals surface area (Å²) in [6.07, 6.45) is 1.18. The van der Waals surface area contributed by atoms with Gasteiger partial charge in [-0.15, -0.1) is 0 Å². The SMILES string of the molecule is O=C1c2ccccc2C(=O)N1CC=C(F)c1ccccc1Cl. The molecule has 0 spiro atoms. The Balaban J connectivity index is 1.84. The molecule has 0 saturated heterocycles. The number of carbonyl (C=O) groups excluding carboxylic acids is 2. The molecule has 0 unspecified atom stereocenters. The van der Waals surface area contributed by atoms with Crippen LogP contribution in [0.2, 0.25) is 5.02 Å². The summed E-state index contributed by atoms with van der Waals surface area (Å²) in [5, 5.41) is 0.276. The third kappa shape index (κ3) is 2.42. The van der Waals surface area contributed by atoms with E-state index in [1.807, 2.05) is 0 Å². The van der Waals surface area contributed by atoms with Gasteiger partial charge >= 0.3 is 0 Å². The van der Waals surface area contributed by atoms with Crippen LogP contribution in [0, 0.1) is 0 Å². The minimum Gasteiger partial charge on any atom is -0.270 e. The van der Waals surface area contributed by atoms with Crippen molar-refractivity contribution in [2.45, 2.75) is 0 Å². The van der Waals surface area contributed by atoms with Crippen molar-refractivity contribution in [1.82, 2.24) is 4.90 Å². The van der Waals surface area contributed by atoms with Crippen molar-refractivity contribution in [2.75, 3.05) is 6.54 Å². The number of nitrogens with zero attached hydrogens (tertiary/aromatic N) is 1. The summed E-state index contributed by atoms with van der Waals surface area (Å²) in [5.74, 6) is -1.39. The van der Waals surface area contributed by atoms with Gasteiger partial charge in [0.25, 0.3) is 11.8 Å². The van der Waals surface area contributed by atoms with Gasteiger partial charge in [0, 0.05) is 5.56 Å². The van der Waals surface area contributed by atoms with Gasteiger partial charge in [0.15, 0.2) is 0 Å². The third-order valence-corrected chi connectivity index (χ3v) is 3.79. The van der Waals surface area contributed by atoms with E-state index in [9.17, 15) is 14.0 Å². The highest BCUT2D eigenvalue weighted by Gasteiger charge is 2.34. The maximum atomic E-state index is 14.2. The number of amides is 2. The Morgan fingerprint density at radius 2 is 1.55 bits per heavy atom. The van der Waals surface area contributed by atoms with E-state index < -0.39 is 17.6 Å². The van der Waals surface area contributed by atoms with Crippen molar-refractivity contribution >= 4 is 29.2 Å². The van der Waals surface area contributed by atoms with Crippen LogP contribution in [0.15, 0.2) is 54.6 Å². The van der Waals surface area contributed by atoms with Crippen LogP contribution >= 0.6 is 11.6 Å². The van der Waals surface area contributed by atoms with E-state index in [4.69, 9.17) is 11.6 Å². The molecule has 110 valence electrons. The molecule has 0 N–H and O–H groups in total. The Hall–Kier alpha value is -2.46. The molecule has 0 aliphatic carbocycles. The van der Waals surface area contributed by atoms with Crippen molar-refractivity contribution < 1.29 is 14.0 Å². The number of fused-ring (bicyclic) bond motifs is 1. The third-order valence-electron chi connectivity index (χ3n) is 3.46. The van der Waals surface area contributed by atoms with E-state index in [0.29, 0.717) is 11.1 Å². The highest BCUT2D eigenvalue weighted by atomic mass is 35.5. The standard InChI is InChI=1S/C17H11ClFNO2/c18-14-8-4-3-7-13(14)15(19)9-10-20-16(21)11-5-1-2-6-12(11)17(20)22/h1-9H,10H2. The molecular formula is C17H11ClFNO2.